The van der Waals surface area contributed by atoms with Crippen LogP contribution >= 0.6 is 11.3 Å². The van der Waals surface area contributed by atoms with E-state index in [2.05, 4.69) is 44.6 Å². The summed E-state index contributed by atoms with van der Waals surface area (Å²) in [5.41, 5.74) is 2.08. The van der Waals surface area contributed by atoms with Gasteiger partial charge in [0.25, 0.3) is 5.91 Å². The number of likely N-dealkylation sites (N-methyl/N-ethyl adjacent to an activating group) is 2. The molecular formula is C26H33F2N5OS. The number of hydrogen-bond acceptors (Lipinski definition) is 6. The van der Waals surface area contributed by atoms with Crippen LogP contribution in [-0.4, -0.2) is 49.5 Å². The molecule has 0 aromatic carbocycles. The molecule has 2 unspecified atom stereocenters. The topological polar surface area (TPSA) is 69.3 Å². The van der Waals surface area contributed by atoms with Crippen molar-refractivity contribution in [2.75, 3.05) is 31.6 Å². The first-order chi connectivity index (χ1) is 16.9. The van der Waals surface area contributed by atoms with E-state index < -0.39 is 5.92 Å². The van der Waals surface area contributed by atoms with Crippen molar-refractivity contribution in [3.8, 4) is 11.8 Å². The first kappa shape index (κ1) is 25.4. The summed E-state index contributed by atoms with van der Waals surface area (Å²) in [4.78, 5) is 20.3. The second kappa shape index (κ2) is 11.4. The molecule has 2 atom stereocenters. The highest BCUT2D eigenvalue weighted by atomic mass is 32.1. The third kappa shape index (κ3) is 6.50. The van der Waals surface area contributed by atoms with E-state index in [4.69, 9.17) is 0 Å². The van der Waals surface area contributed by atoms with Gasteiger partial charge in [0.2, 0.25) is 5.92 Å². The minimum Gasteiger partial charge on any atom is -0.364 e. The van der Waals surface area contributed by atoms with E-state index in [0.717, 1.165) is 36.0 Å². The second-order valence-corrected chi connectivity index (χ2v) is 10.3. The minimum absolute atomic E-state index is 0.0533. The molecule has 1 saturated carbocycles. The van der Waals surface area contributed by atoms with Gasteiger partial charge in [0.1, 0.15) is 4.88 Å². The molecule has 3 aliphatic rings. The fourth-order valence-electron chi connectivity index (χ4n) is 4.73. The van der Waals surface area contributed by atoms with Crippen LogP contribution in [0.1, 0.15) is 48.7 Å². The molecule has 1 aromatic heterocycles. The van der Waals surface area contributed by atoms with Crippen molar-refractivity contribution >= 4 is 22.4 Å². The van der Waals surface area contributed by atoms with E-state index in [9.17, 15) is 13.6 Å². The SMILES string of the molecule is CCN(CCNC)c1ncc(C(=O)NC(CC2=CN/C3=C/C=C\CC#CC23)CC2CC(F)(F)C2)s1. The standard InChI is InChI=1S/C26H33F2N5OS/c1-3-33(11-10-29-2)25-31-17-23(35-25)24(34)32-20(12-18-14-26(27,28)15-18)13-19-16-30-22-9-7-5-4-6-8-21(19)22/h5,7,9,16-18,20-21,29-30H,3-4,10-15H2,1-2H3,(H,32,34)/b7-5-,22-9+. The lowest BCUT2D eigenvalue weighted by Crippen LogP contribution is -2.42. The lowest BCUT2D eigenvalue weighted by molar-refractivity contribution is -0.113. The number of halogens is 2. The van der Waals surface area contributed by atoms with Crippen molar-refractivity contribution < 1.29 is 13.6 Å². The van der Waals surface area contributed by atoms with Crippen molar-refractivity contribution in [3.05, 3.63) is 46.8 Å². The number of aromatic nitrogens is 1. The predicted molar refractivity (Wildman–Crippen MR) is 136 cm³/mol. The molecule has 9 heteroatoms. The molecule has 1 aliphatic heterocycles. The highest BCUT2D eigenvalue weighted by Gasteiger charge is 2.46. The zero-order valence-electron chi connectivity index (χ0n) is 20.2. The summed E-state index contributed by atoms with van der Waals surface area (Å²) in [6.07, 6.45) is 11.1. The molecule has 1 fully saturated rings. The maximum atomic E-state index is 13.5. The Balaban J connectivity index is 1.45. The molecule has 1 aromatic rings. The Morgan fingerprint density at radius 1 is 1.43 bits per heavy atom. The van der Waals surface area contributed by atoms with Crippen molar-refractivity contribution in [3.63, 3.8) is 0 Å². The summed E-state index contributed by atoms with van der Waals surface area (Å²) in [5.74, 6) is 3.55. The Morgan fingerprint density at radius 2 is 2.26 bits per heavy atom. The number of nitrogens with zero attached hydrogens (tertiary/aromatic N) is 2. The average molecular weight is 502 g/mol. The number of carbonyl (C=O) groups excluding carboxylic acids is 1. The Bertz CT molecular complexity index is 1060. The number of amides is 1. The predicted octanol–water partition coefficient (Wildman–Crippen LogP) is 4.06. The van der Waals surface area contributed by atoms with Crippen LogP contribution < -0.4 is 20.9 Å². The molecule has 0 bridgehead atoms. The molecule has 0 saturated heterocycles. The number of alkyl halides is 2. The van der Waals surface area contributed by atoms with Crippen molar-refractivity contribution in [1.82, 2.24) is 20.9 Å². The number of allylic oxidation sites excluding steroid dienone is 4. The van der Waals surface area contributed by atoms with Gasteiger partial charge in [-0.05, 0) is 44.4 Å². The van der Waals surface area contributed by atoms with Gasteiger partial charge in [0.15, 0.2) is 5.13 Å². The van der Waals surface area contributed by atoms with Crippen LogP contribution in [0, 0.1) is 23.7 Å². The fourth-order valence-corrected chi connectivity index (χ4v) is 5.64. The van der Waals surface area contributed by atoms with Crippen LogP contribution in [0.25, 0.3) is 0 Å². The number of carbonyl (C=O) groups is 1. The molecule has 35 heavy (non-hydrogen) atoms. The highest BCUT2D eigenvalue weighted by Crippen LogP contribution is 2.45. The first-order valence-electron chi connectivity index (χ1n) is 12.2. The number of hydrogen-bond donors (Lipinski definition) is 3. The average Bonchev–Trinajstić information content (AvgIpc) is 3.40. The van der Waals surface area contributed by atoms with Crippen LogP contribution in [-0.2, 0) is 0 Å². The van der Waals surface area contributed by atoms with E-state index in [0.29, 0.717) is 24.1 Å². The molecular weight excluding hydrogens is 468 g/mol. The van der Waals surface area contributed by atoms with Crippen molar-refractivity contribution in [2.45, 2.75) is 51.0 Å². The third-order valence-electron chi connectivity index (χ3n) is 6.60. The van der Waals surface area contributed by atoms with E-state index in [1.165, 1.54) is 11.3 Å². The Labute approximate surface area is 210 Å². The molecule has 2 heterocycles. The molecule has 0 spiro atoms. The summed E-state index contributed by atoms with van der Waals surface area (Å²) >= 11 is 1.36. The quantitative estimate of drug-likeness (QED) is 0.399. The van der Waals surface area contributed by atoms with Gasteiger partial charge in [-0.3, -0.25) is 4.79 Å². The Kier molecular flexibility index (Phi) is 8.24. The fraction of sp³-hybridized carbons (Fsp3) is 0.538. The number of nitrogens with one attached hydrogen (secondary N) is 3. The summed E-state index contributed by atoms with van der Waals surface area (Å²) in [6, 6.07) is -0.254. The number of thiazole rings is 1. The zero-order valence-corrected chi connectivity index (χ0v) is 21.1. The van der Waals surface area contributed by atoms with Gasteiger partial charge in [0.05, 0.1) is 12.1 Å². The van der Waals surface area contributed by atoms with Crippen LogP contribution in [0.5, 0.6) is 0 Å². The van der Waals surface area contributed by atoms with E-state index in [-0.39, 0.29) is 36.6 Å². The number of rotatable bonds is 11. The van der Waals surface area contributed by atoms with E-state index in [1.54, 1.807) is 6.20 Å². The van der Waals surface area contributed by atoms with Gasteiger partial charge in [-0.2, -0.15) is 0 Å². The first-order valence-corrected chi connectivity index (χ1v) is 13.0. The maximum Gasteiger partial charge on any atom is 0.263 e. The summed E-state index contributed by atoms with van der Waals surface area (Å²) in [7, 11) is 1.90. The van der Waals surface area contributed by atoms with Crippen LogP contribution in [0.15, 0.2) is 41.9 Å². The molecule has 0 radical (unpaired) electrons. The summed E-state index contributed by atoms with van der Waals surface area (Å²) < 4.78 is 27.0. The maximum absolute atomic E-state index is 13.5. The second-order valence-electron chi connectivity index (χ2n) is 9.30. The van der Waals surface area contributed by atoms with Crippen LogP contribution in [0.4, 0.5) is 13.9 Å². The van der Waals surface area contributed by atoms with Gasteiger partial charge in [0, 0.05) is 56.8 Å². The highest BCUT2D eigenvalue weighted by molar-refractivity contribution is 7.17. The van der Waals surface area contributed by atoms with Gasteiger partial charge in [-0.25, -0.2) is 13.8 Å². The van der Waals surface area contributed by atoms with Gasteiger partial charge < -0.3 is 20.9 Å². The summed E-state index contributed by atoms with van der Waals surface area (Å²) in [6.45, 7) is 4.47. The monoisotopic (exact) mass is 501 g/mol. The minimum atomic E-state index is -2.58. The van der Waals surface area contributed by atoms with E-state index >= 15 is 0 Å². The van der Waals surface area contributed by atoms with Crippen molar-refractivity contribution in [1.29, 1.82) is 0 Å². The Morgan fingerprint density at radius 3 is 3.00 bits per heavy atom. The third-order valence-corrected chi connectivity index (χ3v) is 7.65. The van der Waals surface area contributed by atoms with Gasteiger partial charge >= 0.3 is 0 Å². The van der Waals surface area contributed by atoms with Crippen LogP contribution in [0.3, 0.4) is 0 Å². The van der Waals surface area contributed by atoms with Crippen molar-refractivity contribution in [2.24, 2.45) is 11.8 Å². The number of anilines is 1. The van der Waals surface area contributed by atoms with Crippen LogP contribution in [0.2, 0.25) is 0 Å². The lowest BCUT2D eigenvalue weighted by Gasteiger charge is -2.37. The summed E-state index contributed by atoms with van der Waals surface area (Å²) in [5, 5.41) is 10.4. The molecule has 3 N–H and O–H groups in total. The lowest BCUT2D eigenvalue weighted by atomic mass is 9.76. The molecule has 6 nitrogen and oxygen atoms in total. The number of fused-ring (bicyclic) bond motifs is 1. The molecule has 1 amide bonds. The smallest absolute Gasteiger partial charge is 0.263 e. The molecule has 188 valence electrons. The van der Waals surface area contributed by atoms with E-state index in [1.807, 2.05) is 31.5 Å². The zero-order chi connectivity index (χ0) is 24.8. The largest absolute Gasteiger partial charge is 0.364 e. The molecule has 2 aliphatic carbocycles. The Hall–Kier alpha value is -2.70. The molecule has 4 rings (SSSR count). The normalized spacial score (nSPS) is 23.6. The van der Waals surface area contributed by atoms with Gasteiger partial charge in [-0.1, -0.05) is 35.3 Å². The van der Waals surface area contributed by atoms with Gasteiger partial charge in [-0.15, -0.1) is 0 Å².